The van der Waals surface area contributed by atoms with E-state index in [4.69, 9.17) is 9.47 Å². The number of aliphatic hydroxyl groups excluding tert-OH is 1. The lowest BCUT2D eigenvalue weighted by atomic mass is 9.90. The zero-order valence-electron chi connectivity index (χ0n) is 27.5. The van der Waals surface area contributed by atoms with Gasteiger partial charge >= 0.3 is 5.97 Å². The summed E-state index contributed by atoms with van der Waals surface area (Å²) in [6.45, 7) is 5.06. The molecule has 46 heavy (non-hydrogen) atoms. The van der Waals surface area contributed by atoms with Gasteiger partial charge in [-0.3, -0.25) is 0 Å². The molecule has 0 aliphatic rings. The average Bonchev–Trinajstić information content (AvgIpc) is 3.09. The summed E-state index contributed by atoms with van der Waals surface area (Å²) in [5.41, 5.74) is 4.24. The number of unbranched alkanes of at least 4 members (excludes halogenated alkanes) is 7. The summed E-state index contributed by atoms with van der Waals surface area (Å²) in [4.78, 5) is 14.7. The van der Waals surface area contributed by atoms with E-state index < -0.39 is 12.1 Å². The van der Waals surface area contributed by atoms with Crippen molar-refractivity contribution in [2.24, 2.45) is 0 Å². The number of benzene rings is 4. The summed E-state index contributed by atoms with van der Waals surface area (Å²) in [5.74, 6) is 0.456. The monoisotopic (exact) mass is 640 g/mol. The third-order valence-corrected chi connectivity index (χ3v) is 9.31. The molecule has 1 unspecified atom stereocenters. The van der Waals surface area contributed by atoms with Crippen molar-refractivity contribution in [1.82, 2.24) is 0 Å². The Kier molecular flexibility index (Phi) is 14.1. The molecule has 0 saturated carbocycles. The second kappa shape index (κ2) is 18.4. The van der Waals surface area contributed by atoms with E-state index in [0.717, 1.165) is 57.9 Å². The number of ether oxygens (including phenoxy) is 2. The number of carbonyl (C=O) groups is 1. The first-order valence-electron chi connectivity index (χ1n) is 16.7. The largest absolute Gasteiger partial charge is 0.508 e. The summed E-state index contributed by atoms with van der Waals surface area (Å²) >= 11 is 1.48. The Morgan fingerprint density at radius 3 is 2.24 bits per heavy atom. The molecule has 0 heterocycles. The summed E-state index contributed by atoms with van der Waals surface area (Å²) in [6.07, 6.45) is 10.6. The van der Waals surface area contributed by atoms with Gasteiger partial charge in [0, 0.05) is 15.4 Å². The minimum absolute atomic E-state index is 0.0643. The molecule has 0 bridgehead atoms. The molecule has 5 nitrogen and oxygen atoms in total. The topological polar surface area (TPSA) is 76.0 Å². The zero-order chi connectivity index (χ0) is 32.7. The third kappa shape index (κ3) is 9.88. The van der Waals surface area contributed by atoms with E-state index in [1.165, 1.54) is 57.4 Å². The molecule has 6 heteroatoms. The fourth-order valence-corrected chi connectivity index (χ4v) is 6.47. The standard InChI is InChI=1S/C40H48O5S/c1-4-6-8-9-10-11-12-15-29-18-24-37(41)35(27-29)39(42)34-17-14-13-16-33(34)30-19-25-38(36(28-30)40(43)44-3)46-32-22-20-31(21-23-32)45-26-7-5-2/h13-14,16-25,27-28,39,41-42H,4-12,15,26H2,1-3H3. The van der Waals surface area contributed by atoms with Crippen molar-refractivity contribution in [3.8, 4) is 22.6 Å². The Morgan fingerprint density at radius 2 is 1.50 bits per heavy atom. The van der Waals surface area contributed by atoms with Gasteiger partial charge in [0.15, 0.2) is 0 Å². The van der Waals surface area contributed by atoms with Gasteiger partial charge in [0.1, 0.15) is 17.6 Å². The SMILES string of the molecule is CCCCCCCCCc1ccc(O)c(C(O)c2ccccc2-c2ccc(Sc3ccc(OCCCC)cc3)c(C(=O)OC)c2)c1. The quantitative estimate of drug-likeness (QED) is 0.0832. The van der Waals surface area contributed by atoms with Crippen molar-refractivity contribution < 1.29 is 24.5 Å². The van der Waals surface area contributed by atoms with E-state index in [1.807, 2.05) is 78.9 Å². The molecular formula is C40H48O5S. The van der Waals surface area contributed by atoms with Gasteiger partial charge in [-0.25, -0.2) is 4.79 Å². The highest BCUT2D eigenvalue weighted by Gasteiger charge is 2.21. The average molecular weight is 641 g/mol. The van der Waals surface area contributed by atoms with Crippen LogP contribution in [0.3, 0.4) is 0 Å². The van der Waals surface area contributed by atoms with Gasteiger partial charge in [-0.1, -0.05) is 107 Å². The number of aryl methyl sites for hydroxylation is 1. The van der Waals surface area contributed by atoms with Crippen LogP contribution in [0.5, 0.6) is 11.5 Å². The first-order valence-corrected chi connectivity index (χ1v) is 17.5. The first-order chi connectivity index (χ1) is 22.4. The second-order valence-electron chi connectivity index (χ2n) is 11.7. The molecule has 0 aromatic heterocycles. The fourth-order valence-electron chi connectivity index (χ4n) is 5.55. The van der Waals surface area contributed by atoms with Crippen molar-refractivity contribution in [3.63, 3.8) is 0 Å². The molecule has 1 atom stereocenters. The molecule has 0 spiro atoms. The maximum absolute atomic E-state index is 13.0. The van der Waals surface area contributed by atoms with Crippen LogP contribution in [0.4, 0.5) is 0 Å². The van der Waals surface area contributed by atoms with E-state index in [2.05, 4.69) is 13.8 Å². The van der Waals surface area contributed by atoms with Crippen LogP contribution in [0.25, 0.3) is 11.1 Å². The van der Waals surface area contributed by atoms with E-state index in [1.54, 1.807) is 6.07 Å². The number of methoxy groups -OCH3 is 1. The van der Waals surface area contributed by atoms with Gasteiger partial charge in [-0.05, 0) is 90.0 Å². The Morgan fingerprint density at radius 1 is 0.783 bits per heavy atom. The highest BCUT2D eigenvalue weighted by Crippen LogP contribution is 2.39. The lowest BCUT2D eigenvalue weighted by Crippen LogP contribution is -2.06. The lowest BCUT2D eigenvalue weighted by Gasteiger charge is -2.19. The molecule has 4 rings (SSSR count). The van der Waals surface area contributed by atoms with Gasteiger partial charge in [-0.15, -0.1) is 0 Å². The van der Waals surface area contributed by atoms with Gasteiger partial charge < -0.3 is 19.7 Å². The van der Waals surface area contributed by atoms with E-state index >= 15 is 0 Å². The zero-order valence-corrected chi connectivity index (χ0v) is 28.3. The van der Waals surface area contributed by atoms with Crippen LogP contribution in [0.15, 0.2) is 94.7 Å². The Bertz CT molecular complexity index is 1530. The van der Waals surface area contributed by atoms with Gasteiger partial charge in [0.2, 0.25) is 0 Å². The molecular weight excluding hydrogens is 593 g/mol. The van der Waals surface area contributed by atoms with Crippen molar-refractivity contribution in [3.05, 3.63) is 107 Å². The fraction of sp³-hybridized carbons (Fsp3) is 0.375. The molecule has 4 aromatic rings. The molecule has 244 valence electrons. The Labute approximate surface area is 279 Å². The normalized spacial score (nSPS) is 11.7. The summed E-state index contributed by atoms with van der Waals surface area (Å²) in [6, 6.07) is 26.7. The maximum atomic E-state index is 13.0. The van der Waals surface area contributed by atoms with E-state index in [-0.39, 0.29) is 5.75 Å². The number of hydrogen-bond donors (Lipinski definition) is 2. The van der Waals surface area contributed by atoms with Crippen LogP contribution < -0.4 is 4.74 Å². The second-order valence-corrected chi connectivity index (χ2v) is 12.8. The van der Waals surface area contributed by atoms with E-state index in [9.17, 15) is 15.0 Å². The number of rotatable bonds is 18. The summed E-state index contributed by atoms with van der Waals surface area (Å²) in [5, 5.41) is 22.4. The number of phenols is 1. The highest BCUT2D eigenvalue weighted by molar-refractivity contribution is 7.99. The molecule has 0 radical (unpaired) electrons. The molecule has 2 N–H and O–H groups in total. The molecule has 0 saturated heterocycles. The number of hydrogen-bond acceptors (Lipinski definition) is 6. The lowest BCUT2D eigenvalue weighted by molar-refractivity contribution is 0.0597. The van der Waals surface area contributed by atoms with Crippen LogP contribution >= 0.6 is 11.8 Å². The van der Waals surface area contributed by atoms with Crippen LogP contribution in [-0.4, -0.2) is 29.9 Å². The highest BCUT2D eigenvalue weighted by atomic mass is 32.2. The minimum Gasteiger partial charge on any atom is -0.508 e. The van der Waals surface area contributed by atoms with Gasteiger partial charge in [-0.2, -0.15) is 0 Å². The minimum atomic E-state index is -1.04. The smallest absolute Gasteiger partial charge is 0.339 e. The number of aromatic hydroxyl groups is 1. The Hall–Kier alpha value is -3.74. The Balaban J connectivity index is 1.54. The molecule has 0 fully saturated rings. The maximum Gasteiger partial charge on any atom is 0.339 e. The van der Waals surface area contributed by atoms with Crippen LogP contribution in [-0.2, 0) is 11.2 Å². The number of esters is 1. The summed E-state index contributed by atoms with van der Waals surface area (Å²) in [7, 11) is 1.38. The molecule has 0 aliphatic carbocycles. The van der Waals surface area contributed by atoms with Gasteiger partial charge in [0.25, 0.3) is 0 Å². The van der Waals surface area contributed by atoms with Crippen LogP contribution in [0.2, 0.25) is 0 Å². The molecule has 0 aliphatic heterocycles. The summed E-state index contributed by atoms with van der Waals surface area (Å²) < 4.78 is 11.0. The molecule has 4 aromatic carbocycles. The number of aliphatic hydroxyl groups is 1. The van der Waals surface area contributed by atoms with Crippen molar-refractivity contribution in [1.29, 1.82) is 0 Å². The predicted octanol–water partition coefficient (Wildman–Crippen LogP) is 10.6. The van der Waals surface area contributed by atoms with Crippen molar-refractivity contribution in [2.45, 2.75) is 94.0 Å². The first kappa shape index (κ1) is 35.1. The van der Waals surface area contributed by atoms with Gasteiger partial charge in [0.05, 0.1) is 19.3 Å². The van der Waals surface area contributed by atoms with Crippen LogP contribution in [0, 0.1) is 0 Å². The van der Waals surface area contributed by atoms with Crippen molar-refractivity contribution >= 4 is 17.7 Å². The molecule has 0 amide bonds. The number of carbonyl (C=O) groups excluding carboxylic acids is 1. The van der Waals surface area contributed by atoms with E-state index in [0.29, 0.717) is 23.3 Å². The predicted molar refractivity (Wildman–Crippen MR) is 188 cm³/mol. The third-order valence-electron chi connectivity index (χ3n) is 8.22. The van der Waals surface area contributed by atoms with Crippen molar-refractivity contribution in [2.75, 3.05) is 13.7 Å². The van der Waals surface area contributed by atoms with Crippen LogP contribution in [0.1, 0.15) is 105 Å². The number of phenolic OH excluding ortho intramolecular Hbond substituents is 1.